The first-order valence-corrected chi connectivity index (χ1v) is 6.78. The number of rotatable bonds is 4. The predicted octanol–water partition coefficient (Wildman–Crippen LogP) is 4.60. The van der Waals surface area contributed by atoms with Crippen LogP contribution in [0.2, 0.25) is 10.0 Å². The van der Waals surface area contributed by atoms with Gasteiger partial charge in [0, 0.05) is 5.02 Å². The lowest BCUT2D eigenvalue weighted by Crippen LogP contribution is -2.03. The van der Waals surface area contributed by atoms with E-state index in [0.717, 1.165) is 17.5 Å². The lowest BCUT2D eigenvalue weighted by Gasteiger charge is -2.10. The van der Waals surface area contributed by atoms with Crippen LogP contribution < -0.4 is 10.5 Å². The third-order valence-corrected chi connectivity index (χ3v) is 3.42. The highest BCUT2D eigenvalue weighted by molar-refractivity contribution is 6.32. The van der Waals surface area contributed by atoms with Gasteiger partial charge in [-0.05, 0) is 55.3 Å². The van der Waals surface area contributed by atoms with Crippen molar-refractivity contribution in [3.63, 3.8) is 0 Å². The molecule has 2 aromatic carbocycles. The normalized spacial score (nSPS) is 10.5. The molecule has 0 aliphatic carbocycles. The molecule has 0 aromatic heterocycles. The Kier molecular flexibility index (Phi) is 4.70. The number of ether oxygens (including phenoxy) is 1. The second-order valence-electron chi connectivity index (χ2n) is 4.33. The van der Waals surface area contributed by atoms with Gasteiger partial charge < -0.3 is 10.5 Å². The summed E-state index contributed by atoms with van der Waals surface area (Å²) in [6.07, 6.45) is 0.754. The summed E-state index contributed by atoms with van der Waals surface area (Å²) in [5.74, 6) is 1.29. The molecule has 0 aliphatic rings. The standard InChI is InChI=1S/C15H15Cl2NO/c1-10-2-5-13(16)15(8-10)19-12-4-3-11(6-7-18)14(17)9-12/h2-5,8-9H,6-7,18H2,1H3. The van der Waals surface area contributed by atoms with Crippen molar-refractivity contribution in [2.24, 2.45) is 5.73 Å². The quantitative estimate of drug-likeness (QED) is 0.895. The molecule has 2 rings (SSSR count). The van der Waals surface area contributed by atoms with Crippen molar-refractivity contribution in [1.29, 1.82) is 0 Å². The Morgan fingerprint density at radius 3 is 2.53 bits per heavy atom. The maximum atomic E-state index is 6.18. The van der Waals surface area contributed by atoms with Gasteiger partial charge in [0.1, 0.15) is 11.5 Å². The minimum atomic E-state index is 0.573. The molecule has 2 N–H and O–H groups in total. The average Bonchev–Trinajstić information content (AvgIpc) is 2.37. The highest BCUT2D eigenvalue weighted by atomic mass is 35.5. The van der Waals surface area contributed by atoms with Gasteiger partial charge in [0.15, 0.2) is 0 Å². The van der Waals surface area contributed by atoms with Crippen LogP contribution in [0.4, 0.5) is 0 Å². The van der Waals surface area contributed by atoms with Crippen LogP contribution in [0.1, 0.15) is 11.1 Å². The molecule has 0 amide bonds. The van der Waals surface area contributed by atoms with E-state index in [1.54, 1.807) is 6.07 Å². The molecule has 0 aliphatic heterocycles. The van der Waals surface area contributed by atoms with Crippen LogP contribution in [0.5, 0.6) is 11.5 Å². The van der Waals surface area contributed by atoms with Gasteiger partial charge in [-0.25, -0.2) is 0 Å². The van der Waals surface area contributed by atoms with Gasteiger partial charge in [-0.1, -0.05) is 35.3 Å². The van der Waals surface area contributed by atoms with Crippen LogP contribution >= 0.6 is 23.2 Å². The minimum absolute atomic E-state index is 0.573. The summed E-state index contributed by atoms with van der Waals surface area (Å²) in [5, 5.41) is 1.24. The van der Waals surface area contributed by atoms with Gasteiger partial charge in [0.2, 0.25) is 0 Å². The van der Waals surface area contributed by atoms with Crippen LogP contribution in [0, 0.1) is 6.92 Å². The third-order valence-electron chi connectivity index (χ3n) is 2.75. The van der Waals surface area contributed by atoms with Crippen LogP contribution in [0.25, 0.3) is 0 Å². The van der Waals surface area contributed by atoms with Crippen molar-refractivity contribution in [3.05, 3.63) is 57.6 Å². The first-order chi connectivity index (χ1) is 9.10. The van der Waals surface area contributed by atoms with Gasteiger partial charge >= 0.3 is 0 Å². The Labute approximate surface area is 123 Å². The molecule has 0 saturated heterocycles. The summed E-state index contributed by atoms with van der Waals surface area (Å²) in [5.41, 5.74) is 7.63. The number of hydrogen-bond acceptors (Lipinski definition) is 2. The smallest absolute Gasteiger partial charge is 0.146 e. The molecule has 2 aromatic rings. The fourth-order valence-electron chi connectivity index (χ4n) is 1.77. The lowest BCUT2D eigenvalue weighted by molar-refractivity contribution is 0.482. The fourth-order valence-corrected chi connectivity index (χ4v) is 2.19. The second kappa shape index (κ2) is 6.29. The second-order valence-corrected chi connectivity index (χ2v) is 5.14. The molecule has 0 saturated carbocycles. The summed E-state index contributed by atoms with van der Waals surface area (Å²) in [4.78, 5) is 0. The summed E-state index contributed by atoms with van der Waals surface area (Å²) >= 11 is 12.3. The first-order valence-electron chi connectivity index (χ1n) is 6.02. The molecule has 0 atom stereocenters. The molecule has 0 fully saturated rings. The third kappa shape index (κ3) is 3.63. The summed E-state index contributed by atoms with van der Waals surface area (Å²) < 4.78 is 5.76. The Balaban J connectivity index is 2.24. The zero-order valence-corrected chi connectivity index (χ0v) is 12.1. The minimum Gasteiger partial charge on any atom is -0.456 e. The maximum Gasteiger partial charge on any atom is 0.146 e. The molecule has 4 heteroatoms. The molecule has 0 unspecified atom stereocenters. The number of aryl methyl sites for hydroxylation is 1. The van der Waals surface area contributed by atoms with E-state index in [1.165, 1.54) is 0 Å². The fraction of sp³-hybridized carbons (Fsp3) is 0.200. The lowest BCUT2D eigenvalue weighted by atomic mass is 10.1. The van der Waals surface area contributed by atoms with Gasteiger partial charge in [0.05, 0.1) is 5.02 Å². The van der Waals surface area contributed by atoms with E-state index in [4.69, 9.17) is 33.7 Å². The molecule has 0 spiro atoms. The van der Waals surface area contributed by atoms with Crippen molar-refractivity contribution in [1.82, 2.24) is 0 Å². The van der Waals surface area contributed by atoms with E-state index >= 15 is 0 Å². The van der Waals surface area contributed by atoms with E-state index in [1.807, 2.05) is 37.3 Å². The first kappa shape index (κ1) is 14.2. The van der Waals surface area contributed by atoms with E-state index in [0.29, 0.717) is 28.1 Å². The van der Waals surface area contributed by atoms with Crippen LogP contribution in [0.15, 0.2) is 36.4 Å². The highest BCUT2D eigenvalue weighted by Gasteiger charge is 2.06. The topological polar surface area (TPSA) is 35.2 Å². The summed E-state index contributed by atoms with van der Waals surface area (Å²) in [6, 6.07) is 11.2. The van der Waals surface area contributed by atoms with Crippen molar-refractivity contribution in [3.8, 4) is 11.5 Å². The number of nitrogens with two attached hydrogens (primary N) is 1. The Morgan fingerprint density at radius 1 is 1.05 bits per heavy atom. The number of halogens is 2. The number of benzene rings is 2. The van der Waals surface area contributed by atoms with Gasteiger partial charge in [-0.15, -0.1) is 0 Å². The van der Waals surface area contributed by atoms with E-state index < -0.39 is 0 Å². The van der Waals surface area contributed by atoms with Crippen molar-refractivity contribution < 1.29 is 4.74 Å². The van der Waals surface area contributed by atoms with E-state index in [2.05, 4.69) is 0 Å². The zero-order valence-electron chi connectivity index (χ0n) is 10.6. The van der Waals surface area contributed by atoms with Crippen LogP contribution in [0.3, 0.4) is 0 Å². The number of hydrogen-bond donors (Lipinski definition) is 1. The van der Waals surface area contributed by atoms with Gasteiger partial charge in [-0.2, -0.15) is 0 Å². The maximum absolute atomic E-state index is 6.18. The SMILES string of the molecule is Cc1ccc(Cl)c(Oc2ccc(CCN)c(Cl)c2)c1. The van der Waals surface area contributed by atoms with Gasteiger partial charge in [-0.3, -0.25) is 0 Å². The molecule has 0 bridgehead atoms. The molecule has 19 heavy (non-hydrogen) atoms. The van der Waals surface area contributed by atoms with Gasteiger partial charge in [0.25, 0.3) is 0 Å². The summed E-state index contributed by atoms with van der Waals surface area (Å²) in [6.45, 7) is 2.56. The van der Waals surface area contributed by atoms with Crippen LogP contribution in [-0.2, 0) is 6.42 Å². The Morgan fingerprint density at radius 2 is 1.84 bits per heavy atom. The highest BCUT2D eigenvalue weighted by Crippen LogP contribution is 2.32. The molecule has 0 heterocycles. The van der Waals surface area contributed by atoms with E-state index in [9.17, 15) is 0 Å². The molecule has 2 nitrogen and oxygen atoms in total. The average molecular weight is 296 g/mol. The largest absolute Gasteiger partial charge is 0.456 e. The molecular formula is C15H15Cl2NO. The molecular weight excluding hydrogens is 281 g/mol. The monoisotopic (exact) mass is 295 g/mol. The predicted molar refractivity (Wildman–Crippen MR) is 80.5 cm³/mol. The zero-order chi connectivity index (χ0) is 13.8. The Hall–Kier alpha value is -1.22. The van der Waals surface area contributed by atoms with Crippen LogP contribution in [-0.4, -0.2) is 6.54 Å². The molecule has 0 radical (unpaired) electrons. The Bertz CT molecular complexity index is 584. The summed E-state index contributed by atoms with van der Waals surface area (Å²) in [7, 11) is 0. The van der Waals surface area contributed by atoms with Crippen molar-refractivity contribution >= 4 is 23.2 Å². The van der Waals surface area contributed by atoms with Crippen molar-refractivity contribution in [2.45, 2.75) is 13.3 Å². The van der Waals surface area contributed by atoms with Crippen molar-refractivity contribution in [2.75, 3.05) is 6.54 Å². The molecule has 100 valence electrons. The van der Waals surface area contributed by atoms with E-state index in [-0.39, 0.29) is 0 Å².